The van der Waals surface area contributed by atoms with Crippen LogP contribution < -0.4 is 26.6 Å². The van der Waals surface area contributed by atoms with Gasteiger partial charge in [-0.05, 0) is 31.4 Å². The molecule has 0 saturated heterocycles. The van der Waals surface area contributed by atoms with Gasteiger partial charge in [0.1, 0.15) is 5.82 Å². The lowest BCUT2D eigenvalue weighted by atomic mass is 10.2. The number of aryl methyl sites for hydroxylation is 1. The lowest BCUT2D eigenvalue weighted by Gasteiger charge is -2.15. The maximum Gasteiger partial charge on any atom is 0.335 e. The first-order valence-electron chi connectivity index (χ1n) is 9.78. The van der Waals surface area contributed by atoms with Gasteiger partial charge >= 0.3 is 11.2 Å². The summed E-state index contributed by atoms with van der Waals surface area (Å²) in [4.78, 5) is 37.7. The van der Waals surface area contributed by atoms with Crippen molar-refractivity contribution in [1.29, 1.82) is 0 Å². The lowest BCUT2D eigenvalue weighted by molar-refractivity contribution is 0.398. The predicted molar refractivity (Wildman–Crippen MR) is 117 cm³/mol. The minimum Gasteiger partial charge on any atom is -0.490 e. The van der Waals surface area contributed by atoms with Gasteiger partial charge in [0.15, 0.2) is 0 Å². The monoisotopic (exact) mass is 443 g/mol. The number of halogens is 1. The number of ether oxygens (including phenoxy) is 1. The Morgan fingerprint density at radius 3 is 2.42 bits per heavy atom. The number of pyridine rings is 1. The van der Waals surface area contributed by atoms with Crippen molar-refractivity contribution >= 4 is 23.4 Å². The van der Waals surface area contributed by atoms with E-state index in [1.54, 1.807) is 31.6 Å². The second kappa shape index (κ2) is 8.76. The van der Waals surface area contributed by atoms with Gasteiger partial charge in [-0.25, -0.2) is 24.3 Å². The highest BCUT2D eigenvalue weighted by Gasteiger charge is 2.25. The van der Waals surface area contributed by atoms with Gasteiger partial charge in [-0.15, -0.1) is 0 Å². The van der Waals surface area contributed by atoms with Crippen LogP contribution in [0, 0.1) is 0 Å². The number of methoxy groups -OCH3 is 1. The number of hydrogen-bond donors (Lipinski definition) is 2. The van der Waals surface area contributed by atoms with Crippen LogP contribution in [0.4, 0.5) is 11.8 Å². The van der Waals surface area contributed by atoms with Crippen LogP contribution in [0.5, 0.6) is 5.75 Å². The summed E-state index contributed by atoms with van der Waals surface area (Å²) in [5.74, 6) is 1.31. The van der Waals surface area contributed by atoms with E-state index in [4.69, 9.17) is 16.3 Å². The second-order valence-electron chi connectivity index (χ2n) is 7.35. The van der Waals surface area contributed by atoms with Gasteiger partial charge in [0, 0.05) is 19.1 Å². The molecule has 0 spiro atoms. The third-order valence-electron chi connectivity index (χ3n) is 5.18. The van der Waals surface area contributed by atoms with E-state index < -0.39 is 11.2 Å². The van der Waals surface area contributed by atoms with Crippen molar-refractivity contribution in [3.63, 3.8) is 0 Å². The fraction of sp³-hybridized carbons (Fsp3) is 0.350. The molecule has 10 nitrogen and oxygen atoms in total. The highest BCUT2D eigenvalue weighted by molar-refractivity contribution is 6.30. The van der Waals surface area contributed by atoms with Gasteiger partial charge < -0.3 is 15.4 Å². The number of nitrogens with one attached hydrogen (secondary N) is 2. The third kappa shape index (κ3) is 4.53. The highest BCUT2D eigenvalue weighted by atomic mass is 35.5. The molecule has 0 amide bonds. The number of rotatable bonds is 6. The molecule has 0 bridgehead atoms. The summed E-state index contributed by atoms with van der Waals surface area (Å²) in [5.41, 5.74) is -0.620. The Morgan fingerprint density at radius 1 is 1.06 bits per heavy atom. The molecule has 1 saturated carbocycles. The average molecular weight is 444 g/mol. The first-order valence-corrected chi connectivity index (χ1v) is 10.2. The topological polar surface area (TPSA) is 116 Å². The van der Waals surface area contributed by atoms with Crippen LogP contribution in [0.15, 0.2) is 46.5 Å². The van der Waals surface area contributed by atoms with E-state index in [1.165, 1.54) is 24.1 Å². The number of nitrogens with zero attached hydrogens (tertiary/aromatic N) is 5. The molecule has 1 fully saturated rings. The summed E-state index contributed by atoms with van der Waals surface area (Å²) in [6, 6.07) is 3.92. The van der Waals surface area contributed by atoms with E-state index in [9.17, 15) is 9.59 Å². The first-order chi connectivity index (χ1) is 14.9. The minimum absolute atomic E-state index is 0.0819. The van der Waals surface area contributed by atoms with Gasteiger partial charge in [-0.3, -0.25) is 9.36 Å². The van der Waals surface area contributed by atoms with Crippen LogP contribution in [0.1, 0.15) is 19.3 Å². The minimum atomic E-state index is -0.526. The quantitative estimate of drug-likeness (QED) is 0.592. The van der Waals surface area contributed by atoms with E-state index in [0.717, 1.165) is 23.8 Å². The van der Waals surface area contributed by atoms with E-state index in [0.29, 0.717) is 22.5 Å². The van der Waals surface area contributed by atoms with Gasteiger partial charge in [0.05, 0.1) is 42.6 Å². The maximum atomic E-state index is 12.5. The molecule has 31 heavy (non-hydrogen) atoms. The van der Waals surface area contributed by atoms with Crippen LogP contribution in [0.25, 0.3) is 5.69 Å². The molecule has 3 aromatic heterocycles. The summed E-state index contributed by atoms with van der Waals surface area (Å²) < 4.78 is 7.40. The summed E-state index contributed by atoms with van der Waals surface area (Å²) >= 11 is 5.82. The van der Waals surface area contributed by atoms with Crippen molar-refractivity contribution in [1.82, 2.24) is 24.1 Å². The summed E-state index contributed by atoms with van der Waals surface area (Å²) in [6.07, 6.45) is 8.80. The molecule has 162 valence electrons. The Balaban J connectivity index is 1.43. The molecule has 11 heteroatoms. The molecule has 2 atom stereocenters. The van der Waals surface area contributed by atoms with Crippen molar-refractivity contribution in [3.8, 4) is 11.4 Å². The van der Waals surface area contributed by atoms with E-state index in [1.807, 2.05) is 0 Å². The molecule has 1 aliphatic rings. The molecule has 0 aliphatic heterocycles. The van der Waals surface area contributed by atoms with Crippen molar-refractivity contribution in [2.45, 2.75) is 31.3 Å². The summed E-state index contributed by atoms with van der Waals surface area (Å²) in [6.45, 7) is 0. The molecular formula is C20H22ClN7O3. The Morgan fingerprint density at radius 2 is 1.77 bits per heavy atom. The van der Waals surface area contributed by atoms with Crippen LogP contribution in [0.3, 0.4) is 0 Å². The number of anilines is 2. The smallest absolute Gasteiger partial charge is 0.335 e. The Kier molecular flexibility index (Phi) is 5.90. The van der Waals surface area contributed by atoms with Crippen molar-refractivity contribution in [2.75, 3.05) is 17.7 Å². The highest BCUT2D eigenvalue weighted by Crippen LogP contribution is 2.24. The molecule has 2 N–H and O–H groups in total. The molecule has 1 aliphatic carbocycles. The van der Waals surface area contributed by atoms with Crippen molar-refractivity contribution in [2.24, 2.45) is 7.05 Å². The van der Waals surface area contributed by atoms with E-state index in [-0.39, 0.29) is 17.8 Å². The standard InChI is InChI=1S/C20H22ClN7O3/c1-27-11-16(31-2)18(29)28(20(27)30)15-5-6-17(22-10-15)25-13-3-4-14(7-13)26-19-23-8-12(21)9-24-19/h5-6,8-11,13-14H,3-4,7H2,1-2H3,(H,22,25)(H,23,24,26)/t13-,14-/m0/s1. The molecule has 3 heterocycles. The van der Waals surface area contributed by atoms with Gasteiger partial charge in [-0.1, -0.05) is 11.6 Å². The van der Waals surface area contributed by atoms with Crippen LogP contribution in [-0.2, 0) is 7.05 Å². The van der Waals surface area contributed by atoms with Crippen LogP contribution in [-0.4, -0.2) is 43.3 Å². The third-order valence-corrected chi connectivity index (χ3v) is 5.38. The van der Waals surface area contributed by atoms with Crippen LogP contribution >= 0.6 is 11.6 Å². The zero-order valence-corrected chi connectivity index (χ0v) is 17.8. The fourth-order valence-corrected chi connectivity index (χ4v) is 3.73. The van der Waals surface area contributed by atoms with Gasteiger partial charge in [-0.2, -0.15) is 0 Å². The zero-order valence-electron chi connectivity index (χ0n) is 17.1. The Bertz CT molecular complexity index is 1180. The maximum absolute atomic E-state index is 12.5. The molecule has 3 aromatic rings. The average Bonchev–Trinajstić information content (AvgIpc) is 3.20. The summed E-state index contributed by atoms with van der Waals surface area (Å²) in [7, 11) is 2.95. The second-order valence-corrected chi connectivity index (χ2v) is 7.79. The molecule has 0 radical (unpaired) electrons. The van der Waals surface area contributed by atoms with E-state index in [2.05, 4.69) is 25.6 Å². The van der Waals surface area contributed by atoms with Gasteiger partial charge in [0.25, 0.3) is 0 Å². The van der Waals surface area contributed by atoms with Crippen LogP contribution in [0.2, 0.25) is 5.02 Å². The fourth-order valence-electron chi connectivity index (χ4n) is 3.63. The molecular weight excluding hydrogens is 422 g/mol. The summed E-state index contributed by atoms with van der Waals surface area (Å²) in [5, 5.41) is 7.21. The van der Waals surface area contributed by atoms with Crippen molar-refractivity contribution < 1.29 is 4.74 Å². The lowest BCUT2D eigenvalue weighted by Crippen LogP contribution is -2.37. The largest absolute Gasteiger partial charge is 0.490 e. The normalized spacial score (nSPS) is 18.0. The predicted octanol–water partition coefficient (Wildman–Crippen LogP) is 1.83. The Labute approximate surface area is 182 Å². The van der Waals surface area contributed by atoms with E-state index >= 15 is 0 Å². The number of aromatic nitrogens is 5. The molecule has 0 aromatic carbocycles. The number of hydrogen-bond acceptors (Lipinski definition) is 8. The first kappa shape index (κ1) is 20.9. The Hall–Kier alpha value is -3.40. The molecule has 4 rings (SSSR count). The SMILES string of the molecule is COc1cn(C)c(=O)n(-c2ccc(N[C@H]3CC[C@H](Nc4ncc(Cl)cn4)C3)nc2)c1=O. The molecule has 0 unspecified atom stereocenters. The van der Waals surface area contributed by atoms with Gasteiger partial charge in [0.2, 0.25) is 11.7 Å². The zero-order chi connectivity index (χ0) is 22.0. The van der Waals surface area contributed by atoms with Crippen molar-refractivity contribution in [3.05, 3.63) is 62.8 Å².